The van der Waals surface area contributed by atoms with Crippen LogP contribution in [0.15, 0.2) is 73.1 Å². The quantitative estimate of drug-likeness (QED) is 0.500. The van der Waals surface area contributed by atoms with E-state index in [2.05, 4.69) is 27.4 Å². The summed E-state index contributed by atoms with van der Waals surface area (Å²) in [7, 11) is 0. The maximum atomic E-state index is 5.94. The summed E-state index contributed by atoms with van der Waals surface area (Å²) in [5.41, 5.74) is 10.6. The summed E-state index contributed by atoms with van der Waals surface area (Å²) in [4.78, 5) is 8.65. The van der Waals surface area contributed by atoms with E-state index < -0.39 is 0 Å². The SMILES string of the molecule is Cc1cc(Nc2ncnc3ccc(N)cc23)ccc1OCc1ccccc1. The molecule has 1 aromatic heterocycles. The van der Waals surface area contributed by atoms with Crippen molar-refractivity contribution in [2.24, 2.45) is 0 Å². The van der Waals surface area contributed by atoms with E-state index in [0.717, 1.165) is 39.3 Å². The van der Waals surface area contributed by atoms with E-state index in [1.807, 2.05) is 61.5 Å². The summed E-state index contributed by atoms with van der Waals surface area (Å²) in [5, 5.41) is 4.24. The van der Waals surface area contributed by atoms with Gasteiger partial charge in [-0.2, -0.15) is 0 Å². The second-order valence-electron chi connectivity index (χ2n) is 6.38. The van der Waals surface area contributed by atoms with Crippen LogP contribution in [0.1, 0.15) is 11.1 Å². The van der Waals surface area contributed by atoms with Gasteiger partial charge in [-0.15, -0.1) is 0 Å². The molecule has 0 fully saturated rings. The molecular weight excluding hydrogens is 336 g/mol. The highest BCUT2D eigenvalue weighted by Gasteiger charge is 2.07. The fraction of sp³-hybridized carbons (Fsp3) is 0.0909. The van der Waals surface area contributed by atoms with Gasteiger partial charge in [0.1, 0.15) is 24.5 Å². The van der Waals surface area contributed by atoms with Crippen molar-refractivity contribution in [2.75, 3.05) is 11.1 Å². The van der Waals surface area contributed by atoms with Crippen LogP contribution in [0.4, 0.5) is 17.2 Å². The van der Waals surface area contributed by atoms with E-state index in [1.54, 1.807) is 6.33 Å². The first-order valence-corrected chi connectivity index (χ1v) is 8.74. The van der Waals surface area contributed by atoms with E-state index in [0.29, 0.717) is 12.3 Å². The van der Waals surface area contributed by atoms with Gasteiger partial charge in [-0.25, -0.2) is 9.97 Å². The number of anilines is 3. The molecule has 1 heterocycles. The third-order valence-electron chi connectivity index (χ3n) is 4.33. The third-order valence-corrected chi connectivity index (χ3v) is 4.33. The standard InChI is InChI=1S/C22H20N4O/c1-15-11-18(8-10-21(15)27-13-16-5-3-2-4-6-16)26-22-19-12-17(23)7-9-20(19)24-14-25-22/h2-12,14H,13,23H2,1H3,(H,24,25,26). The van der Waals surface area contributed by atoms with Crippen molar-refractivity contribution in [2.45, 2.75) is 13.5 Å². The predicted octanol–water partition coefficient (Wildman–Crippen LogP) is 4.84. The molecule has 0 radical (unpaired) electrons. The van der Waals surface area contributed by atoms with E-state index >= 15 is 0 Å². The fourth-order valence-electron chi connectivity index (χ4n) is 2.94. The molecule has 0 bridgehead atoms. The Morgan fingerprint density at radius 2 is 1.81 bits per heavy atom. The lowest BCUT2D eigenvalue weighted by atomic mass is 10.1. The van der Waals surface area contributed by atoms with Crippen LogP contribution in [0.5, 0.6) is 5.75 Å². The number of aromatic nitrogens is 2. The van der Waals surface area contributed by atoms with Gasteiger partial charge in [-0.3, -0.25) is 0 Å². The zero-order valence-electron chi connectivity index (χ0n) is 15.0. The monoisotopic (exact) mass is 356 g/mol. The molecule has 27 heavy (non-hydrogen) atoms. The average Bonchev–Trinajstić information content (AvgIpc) is 2.69. The molecule has 0 amide bonds. The molecule has 0 aliphatic rings. The minimum absolute atomic E-state index is 0.546. The zero-order chi connectivity index (χ0) is 18.6. The van der Waals surface area contributed by atoms with Gasteiger partial charge in [-0.05, 0) is 54.4 Å². The summed E-state index contributed by atoms with van der Waals surface area (Å²) in [6, 6.07) is 21.7. The Hall–Kier alpha value is -3.60. The molecular formula is C22H20N4O. The zero-order valence-corrected chi connectivity index (χ0v) is 15.0. The summed E-state index contributed by atoms with van der Waals surface area (Å²) >= 11 is 0. The Labute approximate surface area is 157 Å². The van der Waals surface area contributed by atoms with Gasteiger partial charge in [0.05, 0.1) is 5.52 Å². The van der Waals surface area contributed by atoms with Gasteiger partial charge in [0.2, 0.25) is 0 Å². The molecule has 5 heteroatoms. The topological polar surface area (TPSA) is 73.1 Å². The van der Waals surface area contributed by atoms with E-state index in [9.17, 15) is 0 Å². The smallest absolute Gasteiger partial charge is 0.141 e. The molecule has 3 aromatic carbocycles. The molecule has 4 aromatic rings. The summed E-state index contributed by atoms with van der Waals surface area (Å²) in [6.07, 6.45) is 1.55. The molecule has 0 atom stereocenters. The van der Waals surface area contributed by atoms with Crippen LogP contribution < -0.4 is 15.8 Å². The van der Waals surface area contributed by atoms with Crippen molar-refractivity contribution in [3.05, 3.63) is 84.2 Å². The molecule has 0 unspecified atom stereocenters. The van der Waals surface area contributed by atoms with E-state index in [4.69, 9.17) is 10.5 Å². The van der Waals surface area contributed by atoms with Gasteiger partial charge >= 0.3 is 0 Å². The molecule has 0 aliphatic heterocycles. The van der Waals surface area contributed by atoms with Gasteiger partial charge in [0.15, 0.2) is 0 Å². The van der Waals surface area contributed by atoms with Crippen LogP contribution in [0.2, 0.25) is 0 Å². The molecule has 4 rings (SSSR count). The fourth-order valence-corrected chi connectivity index (χ4v) is 2.94. The summed E-state index contributed by atoms with van der Waals surface area (Å²) in [5.74, 6) is 1.59. The minimum Gasteiger partial charge on any atom is -0.489 e. The number of fused-ring (bicyclic) bond motifs is 1. The van der Waals surface area contributed by atoms with Crippen LogP contribution >= 0.6 is 0 Å². The van der Waals surface area contributed by atoms with Crippen molar-refractivity contribution < 1.29 is 4.74 Å². The number of hydrogen-bond donors (Lipinski definition) is 2. The summed E-state index contributed by atoms with van der Waals surface area (Å²) < 4.78 is 5.94. The van der Waals surface area contributed by atoms with Gasteiger partial charge in [-0.1, -0.05) is 30.3 Å². The van der Waals surface area contributed by atoms with Gasteiger partial charge < -0.3 is 15.8 Å². The predicted molar refractivity (Wildman–Crippen MR) is 109 cm³/mol. The van der Waals surface area contributed by atoms with E-state index in [-0.39, 0.29) is 0 Å². The number of aryl methyl sites for hydroxylation is 1. The highest BCUT2D eigenvalue weighted by molar-refractivity contribution is 5.92. The Morgan fingerprint density at radius 1 is 0.963 bits per heavy atom. The highest BCUT2D eigenvalue weighted by atomic mass is 16.5. The minimum atomic E-state index is 0.546. The Balaban J connectivity index is 1.54. The third kappa shape index (κ3) is 3.82. The van der Waals surface area contributed by atoms with Crippen LogP contribution in [0, 0.1) is 6.92 Å². The number of rotatable bonds is 5. The lowest BCUT2D eigenvalue weighted by Gasteiger charge is -2.13. The Kier molecular flexibility index (Phi) is 4.58. The maximum absolute atomic E-state index is 5.94. The summed E-state index contributed by atoms with van der Waals surface area (Å²) in [6.45, 7) is 2.58. The lowest BCUT2D eigenvalue weighted by Crippen LogP contribution is -1.99. The number of ether oxygens (including phenoxy) is 1. The van der Waals surface area contributed by atoms with Crippen molar-refractivity contribution >= 4 is 28.1 Å². The highest BCUT2D eigenvalue weighted by Crippen LogP contribution is 2.28. The van der Waals surface area contributed by atoms with Gasteiger partial charge in [0, 0.05) is 16.8 Å². The first-order valence-electron chi connectivity index (χ1n) is 8.74. The molecule has 0 spiro atoms. The second kappa shape index (κ2) is 7.33. The molecule has 0 saturated carbocycles. The average molecular weight is 356 g/mol. The largest absolute Gasteiger partial charge is 0.489 e. The lowest BCUT2D eigenvalue weighted by molar-refractivity contribution is 0.304. The van der Waals surface area contributed by atoms with Crippen LogP contribution in [0.25, 0.3) is 10.9 Å². The van der Waals surface area contributed by atoms with Gasteiger partial charge in [0.25, 0.3) is 0 Å². The number of nitrogen functional groups attached to an aromatic ring is 1. The normalized spacial score (nSPS) is 10.7. The number of nitrogens with zero attached hydrogens (tertiary/aromatic N) is 2. The molecule has 0 aliphatic carbocycles. The number of nitrogens with two attached hydrogens (primary N) is 1. The van der Waals surface area contributed by atoms with Crippen LogP contribution in [-0.2, 0) is 6.61 Å². The molecule has 134 valence electrons. The van der Waals surface area contributed by atoms with Crippen molar-refractivity contribution in [3.63, 3.8) is 0 Å². The molecule has 3 N–H and O–H groups in total. The van der Waals surface area contributed by atoms with Crippen LogP contribution in [0.3, 0.4) is 0 Å². The first-order chi connectivity index (χ1) is 13.2. The molecule has 5 nitrogen and oxygen atoms in total. The number of hydrogen-bond acceptors (Lipinski definition) is 5. The number of benzene rings is 3. The Morgan fingerprint density at radius 3 is 2.63 bits per heavy atom. The van der Waals surface area contributed by atoms with E-state index in [1.165, 1.54) is 0 Å². The van der Waals surface area contributed by atoms with Crippen molar-refractivity contribution in [1.29, 1.82) is 0 Å². The number of nitrogens with one attached hydrogen (secondary N) is 1. The van der Waals surface area contributed by atoms with Crippen molar-refractivity contribution in [3.8, 4) is 5.75 Å². The Bertz CT molecular complexity index is 1080. The van der Waals surface area contributed by atoms with Crippen molar-refractivity contribution in [1.82, 2.24) is 9.97 Å². The second-order valence-corrected chi connectivity index (χ2v) is 6.38. The maximum Gasteiger partial charge on any atom is 0.141 e. The first kappa shape index (κ1) is 16.8. The van der Waals surface area contributed by atoms with Crippen LogP contribution in [-0.4, -0.2) is 9.97 Å². The molecule has 0 saturated heterocycles.